The summed E-state index contributed by atoms with van der Waals surface area (Å²) in [4.78, 5) is 34.3. The van der Waals surface area contributed by atoms with Crippen molar-refractivity contribution in [3.05, 3.63) is 48.7 Å². The number of aromatic nitrogens is 5. The Morgan fingerprint density at radius 1 is 1.18 bits per heavy atom. The van der Waals surface area contributed by atoms with E-state index in [0.29, 0.717) is 18.0 Å². The number of benzene rings is 1. The second kappa shape index (κ2) is 10.7. The number of H-pyrrole nitrogens is 1. The highest BCUT2D eigenvalue weighted by Gasteiger charge is 2.17. The van der Waals surface area contributed by atoms with Crippen LogP contribution < -0.4 is 15.0 Å². The molecule has 4 aromatic rings. The van der Waals surface area contributed by atoms with Crippen LogP contribution in [0.4, 0.5) is 5.82 Å². The molecule has 1 fully saturated rings. The van der Waals surface area contributed by atoms with E-state index in [4.69, 9.17) is 4.74 Å². The Bertz CT molecular complexity index is 1220. The van der Waals surface area contributed by atoms with E-state index >= 15 is 0 Å². The van der Waals surface area contributed by atoms with Crippen molar-refractivity contribution in [1.82, 2.24) is 30.2 Å². The van der Waals surface area contributed by atoms with Gasteiger partial charge in [0.1, 0.15) is 23.3 Å². The molecule has 4 heterocycles. The fourth-order valence-electron chi connectivity index (χ4n) is 3.82. The maximum atomic E-state index is 12.0. The highest BCUT2D eigenvalue weighted by atomic mass is 16.5. The lowest BCUT2D eigenvalue weighted by Gasteiger charge is -2.15. The molecule has 172 valence electrons. The van der Waals surface area contributed by atoms with Gasteiger partial charge in [0.25, 0.3) is 5.91 Å². The third-order valence-electron chi connectivity index (χ3n) is 5.56. The lowest BCUT2D eigenvalue weighted by atomic mass is 10.1. The molecule has 9 nitrogen and oxygen atoms in total. The number of ether oxygens (including phenoxy) is 1. The molecule has 0 radical (unpaired) electrons. The number of hydrogen-bond donors (Lipinski definition) is 2. The number of hydrogen-bond acceptors (Lipinski definition) is 7. The molecule has 1 aliphatic rings. The third-order valence-corrected chi connectivity index (χ3v) is 5.56. The van der Waals surface area contributed by atoms with Crippen molar-refractivity contribution in [2.45, 2.75) is 32.6 Å². The van der Waals surface area contributed by atoms with Gasteiger partial charge in [-0.1, -0.05) is 25.5 Å². The van der Waals surface area contributed by atoms with Crippen molar-refractivity contribution in [2.75, 3.05) is 31.6 Å². The Labute approximate surface area is 192 Å². The monoisotopic (exact) mass is 447 g/mol. The predicted molar refractivity (Wildman–Crippen MR) is 129 cm³/mol. The van der Waals surface area contributed by atoms with Crippen molar-refractivity contribution in [3.8, 4) is 5.75 Å². The van der Waals surface area contributed by atoms with Crippen LogP contribution in [0.25, 0.3) is 22.1 Å². The zero-order valence-corrected chi connectivity index (χ0v) is 19.0. The van der Waals surface area contributed by atoms with Crippen LogP contribution in [0.15, 0.2) is 43.0 Å². The SMILES string of the molecule is CCCCNC(=O)c1cc(OC)c2ccccc2n1.c1nc(N2CCCC2)c2[nH]cnc2n1. The predicted octanol–water partition coefficient (Wildman–Crippen LogP) is 3.73. The number of nitrogens with one attached hydrogen (secondary N) is 2. The number of rotatable bonds is 6. The minimum atomic E-state index is -0.155. The van der Waals surface area contributed by atoms with Gasteiger partial charge in [0.15, 0.2) is 11.5 Å². The third kappa shape index (κ3) is 5.19. The number of pyridine rings is 1. The fourth-order valence-corrected chi connectivity index (χ4v) is 3.82. The summed E-state index contributed by atoms with van der Waals surface area (Å²) < 4.78 is 5.32. The molecule has 33 heavy (non-hydrogen) atoms. The van der Waals surface area contributed by atoms with Gasteiger partial charge in [-0.25, -0.2) is 19.9 Å². The Balaban J connectivity index is 0.000000163. The molecule has 2 N–H and O–H groups in total. The standard InChI is InChI=1S/C15H18N2O2.C9H11N5/c1-3-4-9-16-15(18)13-10-14(19-2)11-7-5-6-8-12(11)17-13;1-2-4-14(3-1)9-7-8(11-5-10-7)12-6-13-9/h5-8,10H,3-4,9H2,1-2H3,(H,16,18);5-6H,1-4H2,(H,10,11,12,13). The lowest BCUT2D eigenvalue weighted by molar-refractivity contribution is 0.0948. The molecule has 5 rings (SSSR count). The molecular formula is C24H29N7O2. The summed E-state index contributed by atoms with van der Waals surface area (Å²) in [5, 5.41) is 3.77. The van der Waals surface area contributed by atoms with Crippen LogP contribution >= 0.6 is 0 Å². The maximum Gasteiger partial charge on any atom is 0.270 e. The van der Waals surface area contributed by atoms with E-state index in [0.717, 1.165) is 53.8 Å². The van der Waals surface area contributed by atoms with Crippen LogP contribution in [0.2, 0.25) is 0 Å². The number of aromatic amines is 1. The first-order chi connectivity index (χ1) is 16.2. The van der Waals surface area contributed by atoms with Crippen molar-refractivity contribution >= 4 is 33.8 Å². The first-order valence-electron chi connectivity index (χ1n) is 11.3. The number of carbonyl (C=O) groups is 1. The number of unbranched alkanes of at least 4 members (excludes halogenated alkanes) is 1. The summed E-state index contributed by atoms with van der Waals surface area (Å²) in [5.74, 6) is 1.51. The number of fused-ring (bicyclic) bond motifs is 2. The largest absolute Gasteiger partial charge is 0.496 e. The fraction of sp³-hybridized carbons (Fsp3) is 0.375. The van der Waals surface area contributed by atoms with Gasteiger partial charge in [-0.3, -0.25) is 4.79 Å². The number of anilines is 1. The molecule has 0 saturated carbocycles. The first-order valence-corrected chi connectivity index (χ1v) is 11.3. The Morgan fingerprint density at radius 3 is 2.79 bits per heavy atom. The van der Waals surface area contributed by atoms with Gasteiger partial charge in [0, 0.05) is 31.1 Å². The molecule has 1 amide bonds. The first kappa shape index (κ1) is 22.4. The summed E-state index contributed by atoms with van der Waals surface area (Å²) in [6.07, 6.45) is 7.76. The van der Waals surface area contributed by atoms with Gasteiger partial charge in [0.05, 0.1) is 19.0 Å². The van der Waals surface area contributed by atoms with Gasteiger partial charge in [-0.05, 0) is 31.4 Å². The maximum absolute atomic E-state index is 12.0. The Morgan fingerprint density at radius 2 is 2.00 bits per heavy atom. The van der Waals surface area contributed by atoms with Crippen LogP contribution in [-0.2, 0) is 0 Å². The molecule has 1 saturated heterocycles. The summed E-state index contributed by atoms with van der Waals surface area (Å²) in [6.45, 7) is 4.94. The minimum absolute atomic E-state index is 0.155. The van der Waals surface area contributed by atoms with E-state index in [1.807, 2.05) is 24.3 Å². The quantitative estimate of drug-likeness (QED) is 0.434. The number of carbonyl (C=O) groups excluding carboxylic acids is 1. The van der Waals surface area contributed by atoms with Gasteiger partial charge < -0.3 is 19.9 Å². The van der Waals surface area contributed by atoms with E-state index in [1.165, 1.54) is 12.8 Å². The van der Waals surface area contributed by atoms with Crippen LogP contribution in [-0.4, -0.2) is 57.6 Å². The summed E-state index contributed by atoms with van der Waals surface area (Å²) in [7, 11) is 1.60. The second-order valence-corrected chi connectivity index (χ2v) is 7.83. The van der Waals surface area contributed by atoms with Crippen LogP contribution in [0, 0.1) is 0 Å². The highest BCUT2D eigenvalue weighted by molar-refractivity contribution is 5.97. The van der Waals surface area contributed by atoms with Crippen LogP contribution in [0.3, 0.4) is 0 Å². The van der Waals surface area contributed by atoms with E-state index in [9.17, 15) is 4.79 Å². The zero-order chi connectivity index (χ0) is 23.0. The topological polar surface area (TPSA) is 109 Å². The molecular weight excluding hydrogens is 418 g/mol. The average molecular weight is 448 g/mol. The van der Waals surface area contributed by atoms with E-state index in [-0.39, 0.29) is 5.91 Å². The van der Waals surface area contributed by atoms with Crippen LogP contribution in [0.1, 0.15) is 43.1 Å². The second-order valence-electron chi connectivity index (χ2n) is 7.83. The molecule has 3 aromatic heterocycles. The lowest BCUT2D eigenvalue weighted by Crippen LogP contribution is -2.25. The normalized spacial score (nSPS) is 13.1. The number of methoxy groups -OCH3 is 1. The zero-order valence-electron chi connectivity index (χ0n) is 19.0. The average Bonchev–Trinajstić information content (AvgIpc) is 3.56. The number of para-hydroxylation sites is 1. The van der Waals surface area contributed by atoms with Gasteiger partial charge in [-0.2, -0.15) is 0 Å². The Hall–Kier alpha value is -3.75. The molecule has 0 spiro atoms. The summed E-state index contributed by atoms with van der Waals surface area (Å²) in [6, 6.07) is 9.31. The van der Waals surface area contributed by atoms with Crippen LogP contribution in [0.5, 0.6) is 5.75 Å². The summed E-state index contributed by atoms with van der Waals surface area (Å²) in [5.41, 5.74) is 2.87. The van der Waals surface area contributed by atoms with Gasteiger partial charge in [0.2, 0.25) is 0 Å². The number of nitrogens with zero attached hydrogens (tertiary/aromatic N) is 5. The molecule has 0 aliphatic carbocycles. The van der Waals surface area contributed by atoms with E-state index in [1.54, 1.807) is 25.8 Å². The molecule has 9 heteroatoms. The number of amides is 1. The smallest absolute Gasteiger partial charge is 0.270 e. The van der Waals surface area contributed by atoms with Crippen molar-refractivity contribution in [3.63, 3.8) is 0 Å². The van der Waals surface area contributed by atoms with Crippen molar-refractivity contribution < 1.29 is 9.53 Å². The molecule has 0 bridgehead atoms. The van der Waals surface area contributed by atoms with Gasteiger partial charge in [-0.15, -0.1) is 0 Å². The van der Waals surface area contributed by atoms with Crippen molar-refractivity contribution in [2.24, 2.45) is 0 Å². The summed E-state index contributed by atoms with van der Waals surface area (Å²) >= 11 is 0. The molecule has 0 unspecified atom stereocenters. The number of imidazole rings is 1. The van der Waals surface area contributed by atoms with Gasteiger partial charge >= 0.3 is 0 Å². The molecule has 1 aliphatic heterocycles. The molecule has 1 aromatic carbocycles. The Kier molecular flexibility index (Phi) is 7.29. The van der Waals surface area contributed by atoms with E-state index in [2.05, 4.69) is 42.1 Å². The van der Waals surface area contributed by atoms with Crippen molar-refractivity contribution in [1.29, 1.82) is 0 Å². The minimum Gasteiger partial charge on any atom is -0.496 e. The highest BCUT2D eigenvalue weighted by Crippen LogP contribution is 2.25. The molecule has 0 atom stereocenters. The van der Waals surface area contributed by atoms with E-state index < -0.39 is 0 Å².